The number of amides is 1. The molecule has 0 aromatic heterocycles. The molecule has 0 saturated heterocycles. The zero-order valence-electron chi connectivity index (χ0n) is 11.6. The standard InChI is InChI=1S/C18H16N2O/c19-11-10-13-6-8-15(9-7-13)20-18(21)17-12-16(17)14-4-2-1-3-5-14/h1-9,16-17H,10,12H2,(H,20,21). The molecule has 2 atom stereocenters. The molecule has 3 nitrogen and oxygen atoms in total. The van der Waals surface area contributed by atoms with E-state index in [0.717, 1.165) is 17.7 Å². The maximum atomic E-state index is 12.2. The molecular weight excluding hydrogens is 260 g/mol. The second-order valence-corrected chi connectivity index (χ2v) is 5.38. The van der Waals surface area contributed by atoms with Gasteiger partial charge in [0.1, 0.15) is 0 Å². The van der Waals surface area contributed by atoms with Crippen LogP contribution in [0.2, 0.25) is 0 Å². The third kappa shape index (κ3) is 3.11. The van der Waals surface area contributed by atoms with Gasteiger partial charge in [0.15, 0.2) is 0 Å². The molecule has 3 rings (SSSR count). The van der Waals surface area contributed by atoms with Crippen molar-refractivity contribution in [3.8, 4) is 6.07 Å². The molecule has 3 heteroatoms. The van der Waals surface area contributed by atoms with Gasteiger partial charge in [-0.25, -0.2) is 0 Å². The molecule has 21 heavy (non-hydrogen) atoms. The van der Waals surface area contributed by atoms with E-state index in [1.54, 1.807) is 0 Å². The molecule has 1 fully saturated rings. The maximum Gasteiger partial charge on any atom is 0.228 e. The van der Waals surface area contributed by atoms with E-state index in [9.17, 15) is 4.79 Å². The third-order valence-corrected chi connectivity index (χ3v) is 3.86. The summed E-state index contributed by atoms with van der Waals surface area (Å²) in [5.74, 6) is 0.507. The van der Waals surface area contributed by atoms with Crippen molar-refractivity contribution >= 4 is 11.6 Å². The van der Waals surface area contributed by atoms with Crippen molar-refractivity contribution in [3.63, 3.8) is 0 Å². The molecule has 104 valence electrons. The minimum Gasteiger partial charge on any atom is -0.326 e. The summed E-state index contributed by atoms with van der Waals surface area (Å²) in [6.07, 6.45) is 1.31. The lowest BCUT2D eigenvalue weighted by molar-refractivity contribution is -0.117. The molecule has 1 saturated carbocycles. The number of nitriles is 1. The van der Waals surface area contributed by atoms with Crippen LogP contribution in [0.3, 0.4) is 0 Å². The minimum absolute atomic E-state index is 0.0752. The first kappa shape index (κ1) is 13.4. The van der Waals surface area contributed by atoms with Crippen LogP contribution in [-0.4, -0.2) is 5.91 Å². The van der Waals surface area contributed by atoms with Gasteiger partial charge in [0, 0.05) is 11.6 Å². The highest BCUT2D eigenvalue weighted by atomic mass is 16.2. The molecule has 0 radical (unpaired) electrons. The number of nitrogens with one attached hydrogen (secondary N) is 1. The monoisotopic (exact) mass is 276 g/mol. The number of benzene rings is 2. The second kappa shape index (κ2) is 5.80. The van der Waals surface area contributed by atoms with Crippen LogP contribution in [0.25, 0.3) is 0 Å². The molecule has 1 aliphatic carbocycles. The fourth-order valence-electron chi connectivity index (χ4n) is 2.59. The summed E-state index contributed by atoms with van der Waals surface area (Å²) in [6, 6.07) is 19.7. The largest absolute Gasteiger partial charge is 0.326 e. The first-order valence-corrected chi connectivity index (χ1v) is 7.09. The molecule has 0 spiro atoms. The van der Waals surface area contributed by atoms with Gasteiger partial charge in [-0.3, -0.25) is 4.79 Å². The Kier molecular flexibility index (Phi) is 3.70. The van der Waals surface area contributed by atoms with Crippen LogP contribution >= 0.6 is 0 Å². The average Bonchev–Trinajstić information content (AvgIpc) is 3.31. The Morgan fingerprint density at radius 1 is 1.14 bits per heavy atom. The smallest absolute Gasteiger partial charge is 0.228 e. The van der Waals surface area contributed by atoms with Gasteiger partial charge in [-0.2, -0.15) is 5.26 Å². The molecule has 0 heterocycles. The Morgan fingerprint density at radius 3 is 2.52 bits per heavy atom. The Morgan fingerprint density at radius 2 is 1.86 bits per heavy atom. The van der Waals surface area contributed by atoms with Crippen LogP contribution in [0.1, 0.15) is 23.5 Å². The molecule has 0 aliphatic heterocycles. The quantitative estimate of drug-likeness (QED) is 0.929. The van der Waals surface area contributed by atoms with Gasteiger partial charge in [-0.15, -0.1) is 0 Å². The van der Waals surface area contributed by atoms with Crippen molar-refractivity contribution < 1.29 is 4.79 Å². The van der Waals surface area contributed by atoms with Gasteiger partial charge in [-0.05, 0) is 35.6 Å². The lowest BCUT2D eigenvalue weighted by Gasteiger charge is -2.05. The van der Waals surface area contributed by atoms with Gasteiger partial charge in [0.05, 0.1) is 12.5 Å². The van der Waals surface area contributed by atoms with Crippen molar-refractivity contribution in [2.75, 3.05) is 5.32 Å². The Balaban J connectivity index is 1.59. The molecule has 2 unspecified atom stereocenters. The number of carbonyl (C=O) groups is 1. The van der Waals surface area contributed by atoms with E-state index < -0.39 is 0 Å². The fourth-order valence-corrected chi connectivity index (χ4v) is 2.59. The maximum absolute atomic E-state index is 12.2. The van der Waals surface area contributed by atoms with Crippen molar-refractivity contribution in [2.24, 2.45) is 5.92 Å². The molecule has 1 N–H and O–H groups in total. The van der Waals surface area contributed by atoms with E-state index >= 15 is 0 Å². The second-order valence-electron chi connectivity index (χ2n) is 5.38. The van der Waals surface area contributed by atoms with Crippen molar-refractivity contribution in [2.45, 2.75) is 18.8 Å². The van der Waals surface area contributed by atoms with Crippen LogP contribution < -0.4 is 5.32 Å². The zero-order chi connectivity index (χ0) is 14.7. The topological polar surface area (TPSA) is 52.9 Å². The normalized spacial score (nSPS) is 19.6. The van der Waals surface area contributed by atoms with E-state index in [-0.39, 0.29) is 11.8 Å². The average molecular weight is 276 g/mol. The Labute approximate surface area is 124 Å². The van der Waals surface area contributed by atoms with E-state index in [2.05, 4.69) is 23.5 Å². The molecule has 2 aromatic carbocycles. The highest BCUT2D eigenvalue weighted by Gasteiger charge is 2.43. The first-order chi connectivity index (χ1) is 10.3. The number of nitrogens with zero attached hydrogens (tertiary/aromatic N) is 1. The van der Waals surface area contributed by atoms with Crippen LogP contribution in [0, 0.1) is 17.2 Å². The van der Waals surface area contributed by atoms with Gasteiger partial charge in [0.25, 0.3) is 0 Å². The molecule has 2 aromatic rings. The first-order valence-electron chi connectivity index (χ1n) is 7.09. The van der Waals surface area contributed by atoms with E-state index in [0.29, 0.717) is 12.3 Å². The van der Waals surface area contributed by atoms with Gasteiger partial charge < -0.3 is 5.32 Å². The lowest BCUT2D eigenvalue weighted by atomic mass is 10.1. The number of rotatable bonds is 4. The summed E-state index contributed by atoms with van der Waals surface area (Å²) in [5.41, 5.74) is 2.99. The number of hydrogen-bond acceptors (Lipinski definition) is 2. The minimum atomic E-state index is 0.0752. The zero-order valence-corrected chi connectivity index (χ0v) is 11.6. The molecular formula is C18H16N2O. The molecule has 1 amide bonds. The van der Waals surface area contributed by atoms with E-state index in [4.69, 9.17) is 5.26 Å². The summed E-state index contributed by atoms with van der Waals surface area (Å²) in [7, 11) is 0. The van der Waals surface area contributed by atoms with Crippen molar-refractivity contribution in [3.05, 3.63) is 65.7 Å². The van der Waals surface area contributed by atoms with Crippen LogP contribution in [-0.2, 0) is 11.2 Å². The number of carbonyl (C=O) groups excluding carboxylic acids is 1. The predicted molar refractivity (Wildman–Crippen MR) is 81.7 cm³/mol. The van der Waals surface area contributed by atoms with Crippen LogP contribution in [0.4, 0.5) is 5.69 Å². The van der Waals surface area contributed by atoms with Crippen molar-refractivity contribution in [1.82, 2.24) is 0 Å². The molecule has 0 bridgehead atoms. The summed E-state index contributed by atoms with van der Waals surface area (Å²) in [4.78, 5) is 12.2. The summed E-state index contributed by atoms with van der Waals surface area (Å²) in [6.45, 7) is 0. The van der Waals surface area contributed by atoms with Crippen LogP contribution in [0.15, 0.2) is 54.6 Å². The highest BCUT2D eigenvalue weighted by molar-refractivity contribution is 5.95. The van der Waals surface area contributed by atoms with E-state index in [1.165, 1.54) is 5.56 Å². The van der Waals surface area contributed by atoms with E-state index in [1.807, 2.05) is 42.5 Å². The SMILES string of the molecule is N#CCc1ccc(NC(=O)C2CC2c2ccccc2)cc1. The Hall–Kier alpha value is -2.60. The van der Waals surface area contributed by atoms with Gasteiger partial charge >= 0.3 is 0 Å². The van der Waals surface area contributed by atoms with Crippen LogP contribution in [0.5, 0.6) is 0 Å². The Bertz CT molecular complexity index is 671. The van der Waals surface area contributed by atoms with Crippen molar-refractivity contribution in [1.29, 1.82) is 5.26 Å². The molecule has 1 aliphatic rings. The lowest BCUT2D eigenvalue weighted by Crippen LogP contribution is -2.14. The summed E-state index contributed by atoms with van der Waals surface area (Å²) < 4.78 is 0. The summed E-state index contributed by atoms with van der Waals surface area (Å²) in [5, 5.41) is 11.6. The van der Waals surface area contributed by atoms with Gasteiger partial charge in [-0.1, -0.05) is 42.5 Å². The number of anilines is 1. The highest BCUT2D eigenvalue weighted by Crippen LogP contribution is 2.47. The summed E-state index contributed by atoms with van der Waals surface area (Å²) >= 11 is 0. The van der Waals surface area contributed by atoms with Gasteiger partial charge in [0.2, 0.25) is 5.91 Å². The third-order valence-electron chi connectivity index (χ3n) is 3.86. The fraction of sp³-hybridized carbons (Fsp3) is 0.222. The predicted octanol–water partition coefficient (Wildman–Crippen LogP) is 3.49. The number of hydrogen-bond donors (Lipinski definition) is 1.